The van der Waals surface area contributed by atoms with Crippen LogP contribution in [0.3, 0.4) is 0 Å². The molecular formula is C69H107F2N15O13S2. The third-order valence-electron chi connectivity index (χ3n) is 21.9. The number of carbonyl (C=O) groups is 11. The maximum absolute atomic E-state index is 15.3. The minimum Gasteiger partial charge on any atom is -0.481 e. The zero-order valence-electron chi connectivity index (χ0n) is 57.9. The molecule has 4 saturated heterocycles. The number of carboxylic acids is 1. The number of nitrogens with zero attached hydrogens (tertiary/aromatic N) is 2. The number of rotatable bonds is 15. The van der Waals surface area contributed by atoms with Gasteiger partial charge in [0, 0.05) is 74.4 Å². The van der Waals surface area contributed by atoms with Gasteiger partial charge in [-0.1, -0.05) is 24.3 Å². The van der Waals surface area contributed by atoms with Gasteiger partial charge in [-0.05, 0) is 182 Å². The third kappa shape index (κ3) is 22.9. The highest BCUT2D eigenvalue weighted by molar-refractivity contribution is 7.98. The number of hydrogen-bond acceptors (Lipinski definition) is 19. The maximum atomic E-state index is 15.3. The lowest BCUT2D eigenvalue weighted by Crippen LogP contribution is -2.61. The number of hydrogen-bond donors (Lipinski definition) is 15. The molecule has 3 aliphatic carbocycles. The zero-order valence-corrected chi connectivity index (χ0v) is 59.5. The van der Waals surface area contributed by atoms with E-state index in [-0.39, 0.29) is 106 Å². The minimum atomic E-state index is -1.90. The van der Waals surface area contributed by atoms with Crippen molar-refractivity contribution >= 4 is 88.6 Å². The zero-order chi connectivity index (χ0) is 72.3. The molecule has 9 rings (SSSR count). The molecular weight excluding hydrogens is 1350 g/mol. The summed E-state index contributed by atoms with van der Waals surface area (Å²) in [6.07, 6.45) is 1.94. The second kappa shape index (κ2) is 38.5. The maximum Gasteiger partial charge on any atom is 0.305 e. The summed E-state index contributed by atoms with van der Waals surface area (Å²) in [4.78, 5) is 161. The Kier molecular flexibility index (Phi) is 30.0. The molecule has 9 unspecified atom stereocenters. The molecule has 5 heterocycles. The van der Waals surface area contributed by atoms with Crippen LogP contribution >= 0.6 is 23.5 Å². The van der Waals surface area contributed by atoms with Crippen LogP contribution in [-0.2, 0) is 64.2 Å². The Morgan fingerprint density at radius 1 is 0.634 bits per heavy atom. The van der Waals surface area contributed by atoms with E-state index >= 15 is 28.0 Å². The molecule has 0 radical (unpaired) electrons. The predicted molar refractivity (Wildman–Crippen MR) is 375 cm³/mol. The fourth-order valence-corrected chi connectivity index (χ4v) is 18.3. The number of aliphatic hydroxyl groups is 1. The minimum absolute atomic E-state index is 0.0409. The standard InChI is InChI=1S/C69H107F2N15O13S2/c1-85-58(62(73)92)36-101-35-40-7-4-6-39(22-40)34-100-21-18-59(88)79-51(8-2-3-19-72)63(93)77-33-60(89)80-52(24-41-30-75-49-16-12-43(70)26-47(41)49)64(94)81-53(25-42-31-76-50-17-13-44(71)27-48(42)50)65(95)83-55(29-61(90)91)67(97)82-54(28-45-32-74-37-78-45)66(96)84-56(23-38-10-14-46(87)15-11-38)68(98)86-20-5-9-57(86)69(85)99/h4,6-7,22,38,41-58,74-76,78,87H,2-3,5,8-21,23-37,72H2,1H3,(H2,73,92)(H,77,93)(H,79,88)(H,80,89)(H,81,94)(H,82,97)(H,83,95)(H,84,96)(H,90,91)/t38?,41?,42?,43?,44?,45?,46?,47?,48?,49?,50?,51-,52-,53-,54-,55-,56-,57-,58-/m0/s1. The van der Waals surface area contributed by atoms with Gasteiger partial charge in [-0.3, -0.25) is 52.7 Å². The lowest BCUT2D eigenvalue weighted by molar-refractivity contribution is -0.147. The number of fused-ring (bicyclic) bond motifs is 5. The number of unbranched alkanes of at least 4 members (excludes halogenated alkanes) is 1. The molecule has 17 atom stereocenters. The molecule has 5 aliphatic heterocycles. The van der Waals surface area contributed by atoms with E-state index < -0.39 is 157 Å². The summed E-state index contributed by atoms with van der Waals surface area (Å²) in [6.45, 7) is 1.18. The van der Waals surface area contributed by atoms with Gasteiger partial charge in [-0.2, -0.15) is 23.5 Å². The topological polar surface area (TPSA) is 419 Å². The van der Waals surface area contributed by atoms with Crippen LogP contribution in [0.5, 0.6) is 0 Å². The fourth-order valence-electron chi connectivity index (χ4n) is 16.2. The number of carbonyl (C=O) groups excluding carboxylic acids is 10. The number of carboxylic acid groups (broad SMARTS) is 1. The predicted octanol–water partition coefficient (Wildman–Crippen LogP) is -0.429. The molecule has 562 valence electrons. The molecule has 28 nitrogen and oxygen atoms in total. The number of benzene rings is 1. The van der Waals surface area contributed by atoms with Crippen molar-refractivity contribution in [3.8, 4) is 0 Å². The molecule has 2 bridgehead atoms. The molecule has 1 aromatic carbocycles. The van der Waals surface area contributed by atoms with E-state index in [0.717, 1.165) is 11.1 Å². The van der Waals surface area contributed by atoms with Crippen molar-refractivity contribution in [2.75, 3.05) is 64.5 Å². The Labute approximate surface area is 598 Å². The summed E-state index contributed by atoms with van der Waals surface area (Å²) in [7, 11) is 1.47. The molecule has 10 amide bonds. The van der Waals surface area contributed by atoms with Crippen LogP contribution in [0.2, 0.25) is 0 Å². The average Bonchev–Trinajstić information content (AvgIpc) is 1.73. The van der Waals surface area contributed by atoms with Crippen molar-refractivity contribution in [3.05, 3.63) is 35.4 Å². The van der Waals surface area contributed by atoms with E-state index in [1.165, 1.54) is 40.4 Å². The van der Waals surface area contributed by atoms with Crippen LogP contribution in [0.15, 0.2) is 24.3 Å². The highest BCUT2D eigenvalue weighted by atomic mass is 32.2. The summed E-state index contributed by atoms with van der Waals surface area (Å²) in [5, 5.41) is 53.4. The highest BCUT2D eigenvalue weighted by Gasteiger charge is 2.47. The number of primary amides is 1. The number of likely N-dealkylation sites (N-methyl/N-ethyl adjacent to an activating group) is 1. The molecule has 1 aromatic rings. The Morgan fingerprint density at radius 3 is 1.82 bits per heavy atom. The van der Waals surface area contributed by atoms with Gasteiger partial charge < -0.3 is 90.0 Å². The first-order valence-corrected chi connectivity index (χ1v) is 38.8. The second-order valence-electron chi connectivity index (χ2n) is 29.1. The van der Waals surface area contributed by atoms with Crippen molar-refractivity contribution < 1.29 is 71.7 Å². The Hall–Kier alpha value is -6.29. The van der Waals surface area contributed by atoms with Gasteiger partial charge in [0.05, 0.1) is 19.1 Å². The summed E-state index contributed by atoms with van der Waals surface area (Å²) < 4.78 is 30.5. The lowest BCUT2D eigenvalue weighted by Gasteiger charge is -2.35. The first-order chi connectivity index (χ1) is 48.5. The van der Waals surface area contributed by atoms with E-state index in [0.29, 0.717) is 121 Å². The molecule has 101 heavy (non-hydrogen) atoms. The quantitative estimate of drug-likeness (QED) is 0.0991. The summed E-state index contributed by atoms with van der Waals surface area (Å²) in [5.74, 6) is -9.06. The number of aliphatic hydroxyl groups excluding tert-OH is 1. The molecule has 32 heteroatoms. The number of aliphatic carboxylic acids is 1. The first-order valence-electron chi connectivity index (χ1n) is 36.5. The smallest absolute Gasteiger partial charge is 0.305 e. The number of halogens is 2. The molecule has 8 aliphatic rings. The second-order valence-corrected chi connectivity index (χ2v) is 31.3. The van der Waals surface area contributed by atoms with Crippen molar-refractivity contribution in [1.29, 1.82) is 0 Å². The van der Waals surface area contributed by atoms with Crippen molar-refractivity contribution in [2.24, 2.45) is 41.1 Å². The molecule has 17 N–H and O–H groups in total. The van der Waals surface area contributed by atoms with Crippen molar-refractivity contribution in [3.63, 3.8) is 0 Å². The number of thioether (sulfide) groups is 2. The molecule has 0 aromatic heterocycles. The average molecular weight is 1460 g/mol. The van der Waals surface area contributed by atoms with Gasteiger partial charge in [0.15, 0.2) is 0 Å². The number of nitrogens with two attached hydrogens (primary N) is 2. The van der Waals surface area contributed by atoms with E-state index in [9.17, 15) is 43.8 Å². The van der Waals surface area contributed by atoms with Gasteiger partial charge in [-0.15, -0.1) is 0 Å². The van der Waals surface area contributed by atoms with Crippen LogP contribution in [0.1, 0.15) is 146 Å². The van der Waals surface area contributed by atoms with Crippen LogP contribution in [-0.4, -0.2) is 234 Å². The molecule has 3 saturated carbocycles. The fraction of sp³-hybridized carbons (Fsp3) is 0.754. The largest absolute Gasteiger partial charge is 0.481 e. The SMILES string of the molecule is CN1C(=O)[C@@H]2CCCN2C(=O)[C@H](CC2CCC(O)CC2)NC(=O)[C@H](CC2CNCN2)NC(=O)[C@H](CC(=O)O)NC(=O)[C@H](CC2CNC3CCC(F)CC23)NC(=O)[C@H](CC2CNC3CCC(F)CC23)NC(=O)CNC(=O)[C@H](CCCCN)NC(=O)CCSCc2cccc(c2)CSC[C@H]1C(N)=O. The summed E-state index contributed by atoms with van der Waals surface area (Å²) >= 11 is 2.89. The van der Waals surface area contributed by atoms with Gasteiger partial charge in [0.1, 0.15) is 60.7 Å². The molecule has 7 fully saturated rings. The molecule has 0 spiro atoms. The lowest BCUT2D eigenvalue weighted by atomic mass is 9.76. The van der Waals surface area contributed by atoms with Crippen LogP contribution < -0.4 is 70.0 Å². The van der Waals surface area contributed by atoms with Crippen molar-refractivity contribution in [1.82, 2.24) is 68.3 Å². The van der Waals surface area contributed by atoms with Crippen LogP contribution in [0.25, 0.3) is 0 Å². The van der Waals surface area contributed by atoms with E-state index in [4.69, 9.17) is 11.5 Å². The third-order valence-corrected chi connectivity index (χ3v) is 24.0. The van der Waals surface area contributed by atoms with E-state index in [2.05, 4.69) is 58.5 Å². The van der Waals surface area contributed by atoms with Crippen LogP contribution in [0.4, 0.5) is 8.78 Å². The Bertz CT molecular complexity index is 3050. The van der Waals surface area contributed by atoms with Crippen molar-refractivity contribution in [2.45, 2.75) is 231 Å². The number of alkyl halides is 2. The van der Waals surface area contributed by atoms with Gasteiger partial charge in [-0.25, -0.2) is 8.78 Å². The monoisotopic (exact) mass is 1460 g/mol. The first kappa shape index (κ1) is 78.8. The van der Waals surface area contributed by atoms with Gasteiger partial charge >= 0.3 is 5.97 Å². The highest BCUT2D eigenvalue weighted by Crippen LogP contribution is 2.40. The normalized spacial score (nSPS) is 34.7. The Balaban J connectivity index is 1.03. The van der Waals surface area contributed by atoms with E-state index in [1.807, 2.05) is 24.3 Å². The Morgan fingerprint density at radius 2 is 1.22 bits per heavy atom. The van der Waals surface area contributed by atoms with Gasteiger partial charge in [0.2, 0.25) is 59.1 Å². The van der Waals surface area contributed by atoms with Gasteiger partial charge in [0.25, 0.3) is 0 Å². The number of amides is 10. The van der Waals surface area contributed by atoms with Crippen LogP contribution in [0, 0.1) is 29.6 Å². The van der Waals surface area contributed by atoms with E-state index in [1.54, 1.807) is 0 Å². The number of nitrogens with one attached hydrogen (secondary N) is 11. The summed E-state index contributed by atoms with van der Waals surface area (Å²) in [6, 6.07) is -3.65. The summed E-state index contributed by atoms with van der Waals surface area (Å²) in [5.41, 5.74) is 13.7.